The van der Waals surface area contributed by atoms with Crippen molar-refractivity contribution in [3.8, 4) is 0 Å². The van der Waals surface area contributed by atoms with Gasteiger partial charge in [-0.2, -0.15) is 0 Å². The van der Waals surface area contributed by atoms with E-state index in [1.54, 1.807) is 0 Å². The van der Waals surface area contributed by atoms with Crippen LogP contribution in [0.3, 0.4) is 0 Å². The predicted molar refractivity (Wildman–Crippen MR) is 66.5 cm³/mol. The molecule has 0 aliphatic rings. The summed E-state index contributed by atoms with van der Waals surface area (Å²) in [6.45, 7) is 5.93. The molecule has 0 aliphatic carbocycles. The van der Waals surface area contributed by atoms with Crippen molar-refractivity contribution in [2.75, 3.05) is 0 Å². The first-order valence-corrected chi connectivity index (χ1v) is 5.84. The predicted octanol–water partition coefficient (Wildman–Crippen LogP) is 5.04. The van der Waals surface area contributed by atoms with Crippen LogP contribution < -0.4 is 0 Å². The Balaban J connectivity index is 3.17. The molecule has 0 aromatic rings. The van der Waals surface area contributed by atoms with E-state index in [2.05, 4.69) is 37.8 Å². The average molecular weight is 192 g/mol. The Labute approximate surface area is 89.4 Å². The quantitative estimate of drug-likeness (QED) is 0.273. The Morgan fingerprint density at radius 1 is 0.857 bits per heavy atom. The maximum absolute atomic E-state index is 3.71. The minimum Gasteiger partial charge on any atom is -0.103 e. The normalized spacial score (nSPS) is 11.5. The second kappa shape index (κ2) is 12.2. The van der Waals surface area contributed by atoms with Crippen LogP contribution >= 0.6 is 0 Å². The molecule has 0 heteroatoms. The zero-order valence-corrected chi connectivity index (χ0v) is 9.54. The molecule has 0 rings (SSSR count). The molecule has 80 valence electrons. The molecule has 0 bridgehead atoms. The highest BCUT2D eigenvalue weighted by Crippen LogP contribution is 2.01. The van der Waals surface area contributed by atoms with Gasteiger partial charge in [0.15, 0.2) is 0 Å². The molecule has 0 saturated carbocycles. The Hall–Kier alpha value is -0.780. The van der Waals surface area contributed by atoms with Crippen LogP contribution in [0.15, 0.2) is 37.0 Å². The van der Waals surface area contributed by atoms with E-state index in [1.807, 2.05) is 6.08 Å². The molecule has 0 aliphatic heterocycles. The first-order chi connectivity index (χ1) is 6.91. The summed E-state index contributed by atoms with van der Waals surface area (Å²) >= 11 is 0. The molecule has 0 spiro atoms. The summed E-state index contributed by atoms with van der Waals surface area (Å²) in [6.07, 6.45) is 19.6. The van der Waals surface area contributed by atoms with E-state index in [9.17, 15) is 0 Å². The van der Waals surface area contributed by atoms with E-state index in [0.29, 0.717) is 0 Å². The molecule has 0 unspecified atom stereocenters. The summed E-state index contributed by atoms with van der Waals surface area (Å²) in [7, 11) is 0. The Morgan fingerprint density at radius 3 is 2.00 bits per heavy atom. The van der Waals surface area contributed by atoms with Gasteiger partial charge >= 0.3 is 0 Å². The van der Waals surface area contributed by atoms with Gasteiger partial charge in [-0.15, -0.1) is 6.58 Å². The van der Waals surface area contributed by atoms with Crippen LogP contribution in [0.2, 0.25) is 0 Å². The topological polar surface area (TPSA) is 0 Å². The van der Waals surface area contributed by atoms with Crippen LogP contribution in [0.5, 0.6) is 0 Å². The van der Waals surface area contributed by atoms with Crippen molar-refractivity contribution in [3.63, 3.8) is 0 Å². The molecule has 0 saturated heterocycles. The van der Waals surface area contributed by atoms with Crippen LogP contribution in [-0.4, -0.2) is 0 Å². The Kier molecular flexibility index (Phi) is 11.5. The fraction of sp³-hybridized carbons (Fsp3) is 0.571. The lowest BCUT2D eigenvalue weighted by Gasteiger charge is -1.91. The summed E-state index contributed by atoms with van der Waals surface area (Å²) < 4.78 is 0. The third kappa shape index (κ3) is 11.2. The van der Waals surface area contributed by atoms with Crippen molar-refractivity contribution in [2.24, 2.45) is 0 Å². The molecule has 0 aromatic heterocycles. The molecule has 0 N–H and O–H groups in total. The zero-order valence-electron chi connectivity index (χ0n) is 9.54. The number of rotatable bonds is 9. The van der Waals surface area contributed by atoms with Crippen LogP contribution in [0, 0.1) is 0 Å². The number of unbranched alkanes of at least 4 members (excludes halogenated alkanes) is 5. The van der Waals surface area contributed by atoms with Gasteiger partial charge in [0.2, 0.25) is 0 Å². The first-order valence-electron chi connectivity index (χ1n) is 5.84. The number of hydrogen-bond acceptors (Lipinski definition) is 0. The lowest BCUT2D eigenvalue weighted by Crippen LogP contribution is -1.71. The van der Waals surface area contributed by atoms with E-state index in [1.165, 1.54) is 38.5 Å². The van der Waals surface area contributed by atoms with Crippen LogP contribution in [0.25, 0.3) is 0 Å². The number of allylic oxidation sites excluding steroid dienone is 5. The van der Waals surface area contributed by atoms with E-state index in [0.717, 1.165) is 6.42 Å². The molecular weight excluding hydrogens is 168 g/mol. The minimum absolute atomic E-state index is 1.15. The highest BCUT2D eigenvalue weighted by atomic mass is 13.9. The van der Waals surface area contributed by atoms with E-state index in [-0.39, 0.29) is 0 Å². The fourth-order valence-corrected chi connectivity index (χ4v) is 1.22. The molecular formula is C14H24. The Morgan fingerprint density at radius 2 is 1.43 bits per heavy atom. The van der Waals surface area contributed by atoms with Crippen LogP contribution in [0.4, 0.5) is 0 Å². The average Bonchev–Trinajstić information content (AvgIpc) is 2.21. The van der Waals surface area contributed by atoms with Crippen molar-refractivity contribution in [3.05, 3.63) is 37.0 Å². The molecule has 0 atom stereocenters. The van der Waals surface area contributed by atoms with E-state index >= 15 is 0 Å². The standard InChI is InChI=1S/C14H24/c1-3-5-7-9-11-13-14-12-10-8-6-4-2/h3,10,12-14H,1,4-9,11H2,2H3. The largest absolute Gasteiger partial charge is 0.103 e. The van der Waals surface area contributed by atoms with Crippen molar-refractivity contribution in [1.82, 2.24) is 0 Å². The molecule has 0 heterocycles. The zero-order chi connectivity index (χ0) is 10.5. The van der Waals surface area contributed by atoms with Gasteiger partial charge in [0.25, 0.3) is 0 Å². The minimum atomic E-state index is 1.15. The summed E-state index contributed by atoms with van der Waals surface area (Å²) in [5.41, 5.74) is 0. The summed E-state index contributed by atoms with van der Waals surface area (Å²) in [6, 6.07) is 0. The Bertz CT molecular complexity index is 163. The number of hydrogen-bond donors (Lipinski definition) is 0. The summed E-state index contributed by atoms with van der Waals surface area (Å²) in [5, 5.41) is 0. The highest BCUT2D eigenvalue weighted by molar-refractivity contribution is 5.02. The monoisotopic (exact) mass is 192 g/mol. The molecule has 0 aromatic carbocycles. The fourth-order valence-electron chi connectivity index (χ4n) is 1.22. The van der Waals surface area contributed by atoms with Gasteiger partial charge in [-0.3, -0.25) is 0 Å². The molecule has 0 fully saturated rings. The molecule has 0 radical (unpaired) electrons. The highest BCUT2D eigenvalue weighted by Gasteiger charge is 1.81. The van der Waals surface area contributed by atoms with Gasteiger partial charge in [0.1, 0.15) is 0 Å². The van der Waals surface area contributed by atoms with E-state index in [4.69, 9.17) is 0 Å². The smallest absolute Gasteiger partial charge is 0.0347 e. The third-order valence-corrected chi connectivity index (χ3v) is 2.14. The second-order valence-corrected chi connectivity index (χ2v) is 3.57. The lowest BCUT2D eigenvalue weighted by atomic mass is 10.2. The SMILES string of the molecule is C=CCCCCC=CC=CCCCC. The van der Waals surface area contributed by atoms with Gasteiger partial charge in [-0.25, -0.2) is 0 Å². The molecule has 14 heavy (non-hydrogen) atoms. The summed E-state index contributed by atoms with van der Waals surface area (Å²) in [4.78, 5) is 0. The van der Waals surface area contributed by atoms with Gasteiger partial charge in [0.05, 0.1) is 0 Å². The van der Waals surface area contributed by atoms with Crippen molar-refractivity contribution < 1.29 is 0 Å². The summed E-state index contributed by atoms with van der Waals surface area (Å²) in [5.74, 6) is 0. The van der Waals surface area contributed by atoms with Crippen molar-refractivity contribution in [1.29, 1.82) is 0 Å². The molecule has 0 nitrogen and oxygen atoms in total. The maximum Gasteiger partial charge on any atom is -0.0347 e. The van der Waals surface area contributed by atoms with Gasteiger partial charge < -0.3 is 0 Å². The first kappa shape index (κ1) is 13.2. The second-order valence-electron chi connectivity index (χ2n) is 3.57. The molecule has 0 amide bonds. The van der Waals surface area contributed by atoms with Crippen molar-refractivity contribution in [2.45, 2.75) is 51.9 Å². The van der Waals surface area contributed by atoms with Crippen LogP contribution in [-0.2, 0) is 0 Å². The van der Waals surface area contributed by atoms with Crippen molar-refractivity contribution >= 4 is 0 Å². The lowest BCUT2D eigenvalue weighted by molar-refractivity contribution is 0.763. The van der Waals surface area contributed by atoms with Gasteiger partial charge in [-0.05, 0) is 32.1 Å². The maximum atomic E-state index is 3.71. The van der Waals surface area contributed by atoms with Gasteiger partial charge in [-0.1, -0.05) is 50.1 Å². The third-order valence-electron chi connectivity index (χ3n) is 2.14. The van der Waals surface area contributed by atoms with Crippen LogP contribution in [0.1, 0.15) is 51.9 Å². The van der Waals surface area contributed by atoms with E-state index < -0.39 is 0 Å². The van der Waals surface area contributed by atoms with Gasteiger partial charge in [0, 0.05) is 0 Å².